The lowest BCUT2D eigenvalue weighted by atomic mass is 10.1. The van der Waals surface area contributed by atoms with E-state index in [2.05, 4.69) is 50.3 Å². The zero-order chi connectivity index (χ0) is 12.4. The van der Waals surface area contributed by atoms with Crippen molar-refractivity contribution in [3.63, 3.8) is 0 Å². The zero-order valence-corrected chi connectivity index (χ0v) is 11.0. The van der Waals surface area contributed by atoms with E-state index in [0.29, 0.717) is 12.1 Å². The Morgan fingerprint density at radius 2 is 1.76 bits per heavy atom. The van der Waals surface area contributed by atoms with Crippen molar-refractivity contribution in [3.05, 3.63) is 35.9 Å². The summed E-state index contributed by atoms with van der Waals surface area (Å²) in [4.78, 5) is 0. The monoisotopic (exact) mass is 232 g/mol. The van der Waals surface area contributed by atoms with E-state index in [1.165, 1.54) is 11.1 Å². The Balaban J connectivity index is 2.05. The SMILES string of the molecule is Cc1cnn(C(C)Cc2cnn(C(C)C)c2)c1. The van der Waals surface area contributed by atoms with E-state index in [4.69, 9.17) is 0 Å². The molecule has 1 unspecified atom stereocenters. The Kier molecular flexibility index (Phi) is 3.31. The molecule has 0 aliphatic carbocycles. The number of hydrogen-bond donors (Lipinski definition) is 0. The van der Waals surface area contributed by atoms with Crippen LogP contribution in [0.3, 0.4) is 0 Å². The van der Waals surface area contributed by atoms with E-state index in [1.54, 1.807) is 0 Å². The molecule has 2 aromatic heterocycles. The molecule has 0 N–H and O–H groups in total. The molecule has 0 aliphatic rings. The molecule has 0 spiro atoms. The van der Waals surface area contributed by atoms with Crippen molar-refractivity contribution in [2.75, 3.05) is 0 Å². The van der Waals surface area contributed by atoms with Crippen LogP contribution in [0.25, 0.3) is 0 Å². The minimum absolute atomic E-state index is 0.369. The lowest BCUT2D eigenvalue weighted by Gasteiger charge is -2.10. The van der Waals surface area contributed by atoms with E-state index in [9.17, 15) is 0 Å². The van der Waals surface area contributed by atoms with Gasteiger partial charge in [0.05, 0.1) is 18.4 Å². The summed E-state index contributed by atoms with van der Waals surface area (Å²) in [6, 6.07) is 0.791. The van der Waals surface area contributed by atoms with Gasteiger partial charge in [0.15, 0.2) is 0 Å². The molecule has 0 saturated heterocycles. The summed E-state index contributed by atoms with van der Waals surface area (Å²) in [7, 11) is 0. The normalized spacial score (nSPS) is 13.2. The summed E-state index contributed by atoms with van der Waals surface area (Å²) in [5.41, 5.74) is 2.47. The molecule has 0 aliphatic heterocycles. The van der Waals surface area contributed by atoms with Crippen molar-refractivity contribution in [1.82, 2.24) is 19.6 Å². The van der Waals surface area contributed by atoms with Crippen LogP contribution in [0.5, 0.6) is 0 Å². The minimum Gasteiger partial charge on any atom is -0.270 e. The summed E-state index contributed by atoms with van der Waals surface area (Å²) >= 11 is 0. The number of rotatable bonds is 4. The quantitative estimate of drug-likeness (QED) is 0.812. The first kappa shape index (κ1) is 11.9. The lowest BCUT2D eigenvalue weighted by molar-refractivity contribution is 0.487. The van der Waals surface area contributed by atoms with Gasteiger partial charge in [-0.15, -0.1) is 0 Å². The molecule has 0 saturated carbocycles. The fourth-order valence-corrected chi connectivity index (χ4v) is 1.87. The second-order valence-electron chi connectivity index (χ2n) is 4.97. The summed E-state index contributed by atoms with van der Waals surface area (Å²) in [5.74, 6) is 0. The van der Waals surface area contributed by atoms with Gasteiger partial charge in [-0.3, -0.25) is 9.36 Å². The second-order valence-corrected chi connectivity index (χ2v) is 4.97. The Hall–Kier alpha value is -1.58. The highest BCUT2D eigenvalue weighted by atomic mass is 15.3. The molecular weight excluding hydrogens is 212 g/mol. The van der Waals surface area contributed by atoms with Gasteiger partial charge in [-0.2, -0.15) is 10.2 Å². The maximum Gasteiger partial charge on any atom is 0.0532 e. The third-order valence-corrected chi connectivity index (χ3v) is 2.90. The molecule has 0 bridgehead atoms. The van der Waals surface area contributed by atoms with Crippen molar-refractivity contribution in [3.8, 4) is 0 Å². The second kappa shape index (κ2) is 4.73. The third kappa shape index (κ3) is 2.75. The predicted molar refractivity (Wildman–Crippen MR) is 68.0 cm³/mol. The fourth-order valence-electron chi connectivity index (χ4n) is 1.87. The Morgan fingerprint density at radius 1 is 1.06 bits per heavy atom. The molecule has 4 heteroatoms. The molecule has 0 aromatic carbocycles. The first-order valence-corrected chi connectivity index (χ1v) is 6.10. The van der Waals surface area contributed by atoms with Crippen LogP contribution in [0.4, 0.5) is 0 Å². The average Bonchev–Trinajstić information content (AvgIpc) is 2.86. The van der Waals surface area contributed by atoms with Crippen LogP contribution in [-0.2, 0) is 6.42 Å². The maximum atomic E-state index is 4.35. The minimum atomic E-state index is 0.369. The van der Waals surface area contributed by atoms with Crippen molar-refractivity contribution in [2.24, 2.45) is 0 Å². The van der Waals surface area contributed by atoms with Crippen LogP contribution >= 0.6 is 0 Å². The van der Waals surface area contributed by atoms with E-state index >= 15 is 0 Å². The lowest BCUT2D eigenvalue weighted by Crippen LogP contribution is -2.08. The Morgan fingerprint density at radius 3 is 2.29 bits per heavy atom. The molecule has 1 atom stereocenters. The van der Waals surface area contributed by atoms with Crippen LogP contribution in [0, 0.1) is 6.92 Å². The number of aromatic nitrogens is 4. The van der Waals surface area contributed by atoms with Gasteiger partial charge < -0.3 is 0 Å². The van der Waals surface area contributed by atoms with Crippen molar-refractivity contribution in [1.29, 1.82) is 0 Å². The van der Waals surface area contributed by atoms with Crippen LogP contribution in [0.2, 0.25) is 0 Å². The van der Waals surface area contributed by atoms with Crippen LogP contribution in [0.15, 0.2) is 24.8 Å². The van der Waals surface area contributed by atoms with Crippen molar-refractivity contribution < 1.29 is 0 Å². The van der Waals surface area contributed by atoms with Gasteiger partial charge in [0.25, 0.3) is 0 Å². The van der Waals surface area contributed by atoms with Crippen molar-refractivity contribution in [2.45, 2.75) is 46.2 Å². The van der Waals surface area contributed by atoms with Crippen molar-refractivity contribution >= 4 is 0 Å². The van der Waals surface area contributed by atoms with Crippen LogP contribution in [-0.4, -0.2) is 19.6 Å². The fraction of sp³-hybridized carbons (Fsp3) is 0.538. The molecule has 0 fully saturated rings. The van der Waals surface area contributed by atoms with Gasteiger partial charge in [0, 0.05) is 18.4 Å². The maximum absolute atomic E-state index is 4.35. The summed E-state index contributed by atoms with van der Waals surface area (Å²) in [6.45, 7) is 8.51. The molecule has 2 aromatic rings. The molecule has 0 amide bonds. The highest BCUT2D eigenvalue weighted by Crippen LogP contribution is 2.14. The molecule has 2 rings (SSSR count). The largest absolute Gasteiger partial charge is 0.270 e. The van der Waals surface area contributed by atoms with Crippen LogP contribution < -0.4 is 0 Å². The Bertz CT molecular complexity index is 481. The van der Waals surface area contributed by atoms with Gasteiger partial charge in [-0.05, 0) is 45.2 Å². The summed E-state index contributed by atoms with van der Waals surface area (Å²) in [6.07, 6.45) is 9.02. The first-order valence-electron chi connectivity index (χ1n) is 6.10. The van der Waals surface area contributed by atoms with Gasteiger partial charge in [-0.1, -0.05) is 0 Å². The topological polar surface area (TPSA) is 35.6 Å². The van der Waals surface area contributed by atoms with E-state index in [-0.39, 0.29) is 0 Å². The average molecular weight is 232 g/mol. The van der Waals surface area contributed by atoms with Gasteiger partial charge >= 0.3 is 0 Å². The van der Waals surface area contributed by atoms with Gasteiger partial charge in [0.1, 0.15) is 0 Å². The van der Waals surface area contributed by atoms with E-state index in [0.717, 1.165) is 6.42 Å². The highest BCUT2D eigenvalue weighted by Gasteiger charge is 2.09. The molecule has 17 heavy (non-hydrogen) atoms. The standard InChI is InChI=1S/C13H20N4/c1-10(2)16-9-13(7-15-16)5-12(4)17-8-11(3)6-14-17/h6-10,12H,5H2,1-4H3. The number of aryl methyl sites for hydroxylation is 1. The van der Waals surface area contributed by atoms with Gasteiger partial charge in [0.2, 0.25) is 0 Å². The molecule has 0 radical (unpaired) electrons. The van der Waals surface area contributed by atoms with Crippen LogP contribution in [0.1, 0.15) is 44.0 Å². The summed E-state index contributed by atoms with van der Waals surface area (Å²) in [5, 5.41) is 8.70. The van der Waals surface area contributed by atoms with E-state index < -0.39 is 0 Å². The molecular formula is C13H20N4. The zero-order valence-electron chi connectivity index (χ0n) is 11.0. The highest BCUT2D eigenvalue weighted by molar-refractivity contribution is 5.07. The molecule has 4 nitrogen and oxygen atoms in total. The number of nitrogens with zero attached hydrogens (tertiary/aromatic N) is 4. The predicted octanol–water partition coefficient (Wildman–Crippen LogP) is 2.77. The van der Waals surface area contributed by atoms with E-state index in [1.807, 2.05) is 21.8 Å². The molecule has 2 heterocycles. The Labute approximate surface area is 102 Å². The first-order chi connectivity index (χ1) is 8.06. The summed E-state index contributed by atoms with van der Waals surface area (Å²) < 4.78 is 4.01. The molecule has 92 valence electrons. The smallest absolute Gasteiger partial charge is 0.0532 e. The third-order valence-electron chi connectivity index (χ3n) is 2.90. The van der Waals surface area contributed by atoms with Gasteiger partial charge in [-0.25, -0.2) is 0 Å². The number of hydrogen-bond acceptors (Lipinski definition) is 2.